The monoisotopic (exact) mass is 411 g/mol. The predicted octanol–water partition coefficient (Wildman–Crippen LogP) is 2.68. The molecule has 4 nitrogen and oxygen atoms in total. The van der Waals surface area contributed by atoms with Crippen LogP contribution in [0.4, 0.5) is 8.78 Å². The molecule has 0 bridgehead atoms. The zero-order valence-corrected chi connectivity index (χ0v) is 14.4. The van der Waals surface area contributed by atoms with Crippen LogP contribution >= 0.6 is 24.0 Å². The van der Waals surface area contributed by atoms with Crippen LogP contribution in [0.5, 0.6) is 5.75 Å². The highest BCUT2D eigenvalue weighted by atomic mass is 127. The van der Waals surface area contributed by atoms with Crippen molar-refractivity contribution in [2.75, 3.05) is 19.6 Å². The van der Waals surface area contributed by atoms with Crippen molar-refractivity contribution in [2.24, 2.45) is 4.99 Å². The summed E-state index contributed by atoms with van der Waals surface area (Å²) in [7, 11) is 0. The molecule has 0 amide bonds. The van der Waals surface area contributed by atoms with Crippen LogP contribution in [0.15, 0.2) is 23.2 Å². The molecule has 0 atom stereocenters. The van der Waals surface area contributed by atoms with Gasteiger partial charge in [0.15, 0.2) is 5.96 Å². The first-order valence-corrected chi connectivity index (χ1v) is 6.62. The Morgan fingerprint density at radius 1 is 1.29 bits per heavy atom. The lowest BCUT2D eigenvalue weighted by molar-refractivity contribution is 0.112. The molecule has 0 spiro atoms. The van der Waals surface area contributed by atoms with E-state index in [0.717, 1.165) is 31.5 Å². The first-order valence-electron chi connectivity index (χ1n) is 6.62. The summed E-state index contributed by atoms with van der Waals surface area (Å²) < 4.78 is 31.9. The van der Waals surface area contributed by atoms with Gasteiger partial charge in [0.2, 0.25) is 0 Å². The molecule has 0 aromatic heterocycles. The minimum Gasteiger partial charge on any atom is -0.486 e. The number of ether oxygens (including phenoxy) is 1. The van der Waals surface area contributed by atoms with Gasteiger partial charge in [-0.05, 0) is 20.3 Å². The van der Waals surface area contributed by atoms with Crippen molar-refractivity contribution in [1.29, 1.82) is 0 Å². The SMILES string of the molecule is CC(C)(CNC1=NCCCN1)Oc1cc(F)cc(F)c1.I. The standard InChI is InChI=1S/C14H19F2N3O.HI/c1-14(2,9-19-13-17-4-3-5-18-13)20-12-7-10(15)6-11(16)8-12;/h6-8H,3-5,9H2,1-2H3,(H2,17,18,19);1H. The van der Waals surface area contributed by atoms with E-state index in [2.05, 4.69) is 15.6 Å². The molecule has 0 unspecified atom stereocenters. The highest BCUT2D eigenvalue weighted by Gasteiger charge is 2.21. The maximum absolute atomic E-state index is 13.1. The summed E-state index contributed by atoms with van der Waals surface area (Å²) in [6, 6.07) is 3.15. The number of benzene rings is 1. The molecule has 0 radical (unpaired) electrons. The van der Waals surface area contributed by atoms with E-state index in [9.17, 15) is 8.78 Å². The van der Waals surface area contributed by atoms with E-state index in [4.69, 9.17) is 4.74 Å². The van der Waals surface area contributed by atoms with Gasteiger partial charge in [0.1, 0.15) is 23.0 Å². The molecule has 0 fully saturated rings. The minimum atomic E-state index is -0.651. The van der Waals surface area contributed by atoms with E-state index in [1.807, 2.05) is 13.8 Å². The van der Waals surface area contributed by atoms with Gasteiger partial charge in [0.25, 0.3) is 0 Å². The molecule has 0 saturated heterocycles. The Hall–Kier alpha value is -1.12. The van der Waals surface area contributed by atoms with E-state index < -0.39 is 17.2 Å². The average Bonchev–Trinajstić information content (AvgIpc) is 2.36. The molecule has 1 aliphatic heterocycles. The van der Waals surface area contributed by atoms with E-state index in [0.29, 0.717) is 6.54 Å². The van der Waals surface area contributed by atoms with Crippen LogP contribution in [0.2, 0.25) is 0 Å². The fourth-order valence-corrected chi connectivity index (χ4v) is 1.89. The molecule has 1 aromatic rings. The Bertz CT molecular complexity index is 489. The second kappa shape index (κ2) is 7.77. The maximum atomic E-state index is 13.1. The van der Waals surface area contributed by atoms with Gasteiger partial charge in [-0.15, -0.1) is 24.0 Å². The van der Waals surface area contributed by atoms with Crippen LogP contribution in [0.25, 0.3) is 0 Å². The molecule has 1 aromatic carbocycles. The number of nitrogens with zero attached hydrogens (tertiary/aromatic N) is 1. The largest absolute Gasteiger partial charge is 0.486 e. The predicted molar refractivity (Wildman–Crippen MR) is 89.4 cm³/mol. The molecular formula is C14H20F2IN3O. The van der Waals surface area contributed by atoms with Crippen LogP contribution in [0, 0.1) is 11.6 Å². The second-order valence-electron chi connectivity index (χ2n) is 5.33. The number of hydrogen-bond donors (Lipinski definition) is 2. The summed E-state index contributed by atoms with van der Waals surface area (Å²) in [6.07, 6.45) is 1.02. The Morgan fingerprint density at radius 3 is 2.52 bits per heavy atom. The van der Waals surface area contributed by atoms with Gasteiger partial charge in [-0.25, -0.2) is 8.78 Å². The third kappa shape index (κ3) is 6.03. The number of nitrogens with one attached hydrogen (secondary N) is 2. The van der Waals surface area contributed by atoms with Crippen molar-refractivity contribution in [3.05, 3.63) is 29.8 Å². The maximum Gasteiger partial charge on any atom is 0.191 e. The van der Waals surface area contributed by atoms with Crippen molar-refractivity contribution in [3.8, 4) is 5.75 Å². The van der Waals surface area contributed by atoms with E-state index in [-0.39, 0.29) is 29.7 Å². The second-order valence-corrected chi connectivity index (χ2v) is 5.33. The number of aliphatic imine (C=N–C) groups is 1. The summed E-state index contributed by atoms with van der Waals surface area (Å²) in [6.45, 7) is 5.84. The Balaban J connectivity index is 0.00000220. The fourth-order valence-electron chi connectivity index (χ4n) is 1.89. The Kier molecular flexibility index (Phi) is 6.63. The lowest BCUT2D eigenvalue weighted by Crippen LogP contribution is -2.48. The topological polar surface area (TPSA) is 45.7 Å². The number of rotatable bonds is 4. The first kappa shape index (κ1) is 17.9. The molecule has 0 aliphatic carbocycles. The van der Waals surface area contributed by atoms with Crippen LogP contribution in [0.3, 0.4) is 0 Å². The van der Waals surface area contributed by atoms with E-state index >= 15 is 0 Å². The summed E-state index contributed by atoms with van der Waals surface area (Å²) in [5.74, 6) is -0.393. The van der Waals surface area contributed by atoms with E-state index in [1.54, 1.807) is 0 Å². The molecular weight excluding hydrogens is 391 g/mol. The molecule has 1 heterocycles. The minimum absolute atomic E-state index is 0. The molecule has 118 valence electrons. The van der Waals surface area contributed by atoms with Gasteiger partial charge in [0, 0.05) is 31.3 Å². The van der Waals surface area contributed by atoms with Gasteiger partial charge in [-0.2, -0.15) is 0 Å². The summed E-state index contributed by atoms with van der Waals surface area (Å²) in [5, 5.41) is 6.27. The highest BCUT2D eigenvalue weighted by molar-refractivity contribution is 14.0. The van der Waals surface area contributed by atoms with Crippen molar-refractivity contribution < 1.29 is 13.5 Å². The van der Waals surface area contributed by atoms with Crippen molar-refractivity contribution >= 4 is 29.9 Å². The van der Waals surface area contributed by atoms with Crippen LogP contribution < -0.4 is 15.4 Å². The molecule has 2 rings (SSSR count). The van der Waals surface area contributed by atoms with Crippen LogP contribution in [-0.4, -0.2) is 31.2 Å². The molecule has 1 aliphatic rings. The third-order valence-corrected chi connectivity index (χ3v) is 2.81. The fraction of sp³-hybridized carbons (Fsp3) is 0.500. The number of guanidine groups is 1. The first-order chi connectivity index (χ1) is 9.44. The van der Waals surface area contributed by atoms with Crippen molar-refractivity contribution in [1.82, 2.24) is 10.6 Å². The zero-order valence-electron chi connectivity index (χ0n) is 12.1. The van der Waals surface area contributed by atoms with Gasteiger partial charge in [-0.3, -0.25) is 4.99 Å². The van der Waals surface area contributed by atoms with Crippen molar-refractivity contribution in [3.63, 3.8) is 0 Å². The molecule has 0 saturated carbocycles. The summed E-state index contributed by atoms with van der Waals surface area (Å²) in [5.41, 5.74) is -0.623. The Morgan fingerprint density at radius 2 is 1.95 bits per heavy atom. The van der Waals surface area contributed by atoms with Crippen molar-refractivity contribution in [2.45, 2.75) is 25.9 Å². The van der Waals surface area contributed by atoms with E-state index in [1.165, 1.54) is 12.1 Å². The zero-order chi connectivity index (χ0) is 14.6. The van der Waals surface area contributed by atoms with Crippen LogP contribution in [0.1, 0.15) is 20.3 Å². The van der Waals surface area contributed by atoms with Gasteiger partial charge >= 0.3 is 0 Å². The summed E-state index contributed by atoms with van der Waals surface area (Å²) in [4.78, 5) is 4.29. The normalized spacial score (nSPS) is 14.6. The van der Waals surface area contributed by atoms with Gasteiger partial charge in [-0.1, -0.05) is 0 Å². The van der Waals surface area contributed by atoms with Crippen LogP contribution in [-0.2, 0) is 0 Å². The average molecular weight is 411 g/mol. The molecule has 21 heavy (non-hydrogen) atoms. The molecule has 7 heteroatoms. The molecule has 2 N–H and O–H groups in total. The summed E-state index contributed by atoms with van der Waals surface area (Å²) >= 11 is 0. The highest BCUT2D eigenvalue weighted by Crippen LogP contribution is 2.20. The smallest absolute Gasteiger partial charge is 0.191 e. The van der Waals surface area contributed by atoms with Gasteiger partial charge in [0.05, 0.1) is 6.54 Å². The van der Waals surface area contributed by atoms with Gasteiger partial charge < -0.3 is 15.4 Å². The number of halogens is 3. The lowest BCUT2D eigenvalue weighted by Gasteiger charge is -2.28. The Labute approximate surface area is 140 Å². The quantitative estimate of drug-likeness (QED) is 0.750. The lowest BCUT2D eigenvalue weighted by atomic mass is 10.1. The third-order valence-electron chi connectivity index (χ3n) is 2.81. The number of hydrogen-bond acceptors (Lipinski definition) is 4.